The minimum Gasteiger partial charge on any atom is -0.373 e. The number of fused-ring (bicyclic) bond motifs is 2. The van der Waals surface area contributed by atoms with Crippen LogP contribution in [0.4, 0.5) is 4.79 Å². The molecule has 1 aliphatic carbocycles. The molecule has 7 rings (SSSR count). The molecule has 2 aromatic carbocycles. The number of rotatable bonds is 8. The summed E-state index contributed by atoms with van der Waals surface area (Å²) in [5.41, 5.74) is 5.41. The molecule has 9 heteroatoms. The Kier molecular flexibility index (Phi) is 7.65. The first-order chi connectivity index (χ1) is 20.5. The highest BCUT2D eigenvalue weighted by Crippen LogP contribution is 2.46. The van der Waals surface area contributed by atoms with Crippen LogP contribution < -0.4 is 5.32 Å². The molecular formula is C33H32Cl2N4O3. The van der Waals surface area contributed by atoms with Gasteiger partial charge in [-0.3, -0.25) is 4.98 Å². The van der Waals surface area contributed by atoms with Crippen molar-refractivity contribution in [3.63, 3.8) is 0 Å². The van der Waals surface area contributed by atoms with Crippen LogP contribution in [0.25, 0.3) is 22.4 Å². The molecule has 2 amide bonds. The third-order valence-electron chi connectivity index (χ3n) is 8.70. The van der Waals surface area contributed by atoms with Crippen molar-refractivity contribution >= 4 is 29.2 Å². The molecule has 2 atom stereocenters. The number of hydrogen-bond acceptors (Lipinski definition) is 5. The third kappa shape index (κ3) is 5.53. The van der Waals surface area contributed by atoms with E-state index >= 15 is 0 Å². The maximum absolute atomic E-state index is 13.3. The molecule has 4 heterocycles. The van der Waals surface area contributed by atoms with E-state index in [1.54, 1.807) is 0 Å². The van der Waals surface area contributed by atoms with Gasteiger partial charge in [-0.15, -0.1) is 0 Å². The molecule has 0 spiro atoms. The third-order valence-corrected chi connectivity index (χ3v) is 9.33. The van der Waals surface area contributed by atoms with Gasteiger partial charge in [0.25, 0.3) is 0 Å². The lowest BCUT2D eigenvalue weighted by Gasteiger charge is -2.38. The average molecular weight is 604 g/mol. The maximum Gasteiger partial charge on any atom is 0.318 e. The van der Waals surface area contributed by atoms with Gasteiger partial charge in [0, 0.05) is 53.6 Å². The number of pyridine rings is 1. The number of benzene rings is 2. The number of nitrogens with zero attached hydrogens (tertiary/aromatic N) is 3. The molecule has 3 fully saturated rings. The standard InChI is InChI=1S/C33H32Cl2N4O3/c34-28-7-4-8-29(35)30(28)31-27(32(42-38-31)22-9-10-22)19-41-26-14-24-11-12-25(15-26)39(24)33(40)37-17-20-13-23(18-36-16-20)21-5-2-1-3-6-21/h1-8,13,16,18,22,24-26H,9-12,14-15,17,19H2,(H,37,40). The molecule has 2 aromatic heterocycles. The van der Waals surface area contributed by atoms with Crippen molar-refractivity contribution in [2.45, 2.75) is 75.8 Å². The molecule has 7 nitrogen and oxygen atoms in total. The van der Waals surface area contributed by atoms with Gasteiger partial charge in [0.05, 0.1) is 22.8 Å². The van der Waals surface area contributed by atoms with Crippen molar-refractivity contribution in [3.05, 3.63) is 93.9 Å². The maximum atomic E-state index is 13.3. The number of urea groups is 1. The topological polar surface area (TPSA) is 80.5 Å². The quantitative estimate of drug-likeness (QED) is 0.221. The average Bonchev–Trinajstić information content (AvgIpc) is 3.71. The van der Waals surface area contributed by atoms with E-state index in [1.807, 2.05) is 53.7 Å². The number of aromatic nitrogens is 2. The second kappa shape index (κ2) is 11.7. The fraction of sp³-hybridized carbons (Fsp3) is 0.364. The van der Waals surface area contributed by atoms with Crippen LogP contribution in [0, 0.1) is 0 Å². The number of carbonyl (C=O) groups excluding carboxylic acids is 1. The Labute approximate surface area is 255 Å². The van der Waals surface area contributed by atoms with E-state index in [2.05, 4.69) is 33.7 Å². The first-order valence-electron chi connectivity index (χ1n) is 14.6. The van der Waals surface area contributed by atoms with Gasteiger partial charge in [0.2, 0.25) is 0 Å². The van der Waals surface area contributed by atoms with Crippen molar-refractivity contribution in [2.75, 3.05) is 0 Å². The zero-order chi connectivity index (χ0) is 28.6. The Morgan fingerprint density at radius 2 is 1.69 bits per heavy atom. The summed E-state index contributed by atoms with van der Waals surface area (Å²) in [7, 11) is 0. The number of ether oxygens (including phenoxy) is 1. The Morgan fingerprint density at radius 3 is 2.40 bits per heavy atom. The number of piperidine rings is 1. The van der Waals surface area contributed by atoms with E-state index in [1.165, 1.54) is 0 Å². The molecule has 1 saturated carbocycles. The smallest absolute Gasteiger partial charge is 0.318 e. The zero-order valence-electron chi connectivity index (χ0n) is 23.1. The van der Waals surface area contributed by atoms with Crippen molar-refractivity contribution in [1.29, 1.82) is 0 Å². The van der Waals surface area contributed by atoms with Crippen LogP contribution in [0.15, 0.2) is 71.5 Å². The van der Waals surface area contributed by atoms with E-state index in [0.717, 1.165) is 66.5 Å². The van der Waals surface area contributed by atoms with Crippen LogP contribution in [-0.2, 0) is 17.9 Å². The molecule has 2 bridgehead atoms. The monoisotopic (exact) mass is 602 g/mol. The van der Waals surface area contributed by atoms with Crippen LogP contribution in [0.1, 0.15) is 61.3 Å². The molecule has 4 aromatic rings. The highest BCUT2D eigenvalue weighted by atomic mass is 35.5. The molecule has 2 aliphatic heterocycles. The molecular weight excluding hydrogens is 571 g/mol. The van der Waals surface area contributed by atoms with Crippen molar-refractivity contribution < 1.29 is 14.1 Å². The Balaban J connectivity index is 0.994. The van der Waals surface area contributed by atoms with Crippen LogP contribution in [0.3, 0.4) is 0 Å². The van der Waals surface area contributed by atoms with Crippen LogP contribution in [-0.4, -0.2) is 39.3 Å². The van der Waals surface area contributed by atoms with Gasteiger partial charge in [0.15, 0.2) is 0 Å². The van der Waals surface area contributed by atoms with E-state index in [9.17, 15) is 4.79 Å². The zero-order valence-corrected chi connectivity index (χ0v) is 24.7. The largest absolute Gasteiger partial charge is 0.373 e. The Bertz CT molecular complexity index is 1560. The minimum atomic E-state index is -0.0169. The summed E-state index contributed by atoms with van der Waals surface area (Å²) < 4.78 is 12.3. The lowest BCUT2D eigenvalue weighted by atomic mass is 9.99. The molecule has 2 unspecified atom stereocenters. The van der Waals surface area contributed by atoms with E-state index in [-0.39, 0.29) is 24.2 Å². The Morgan fingerprint density at radius 1 is 0.952 bits per heavy atom. The summed E-state index contributed by atoms with van der Waals surface area (Å²) in [5.74, 6) is 1.25. The number of amides is 2. The highest BCUT2D eigenvalue weighted by molar-refractivity contribution is 6.39. The number of carbonyl (C=O) groups is 1. The SMILES string of the molecule is O=C(NCc1cncc(-c2ccccc2)c1)N1C2CCC1CC(OCc1c(-c3c(Cl)cccc3Cl)noc1C1CC1)C2. The summed E-state index contributed by atoms with van der Waals surface area (Å²) in [6.07, 6.45) is 9.48. The molecule has 42 heavy (non-hydrogen) atoms. The summed E-state index contributed by atoms with van der Waals surface area (Å²) in [6.45, 7) is 0.820. The van der Waals surface area contributed by atoms with Crippen molar-refractivity contribution in [3.8, 4) is 22.4 Å². The highest BCUT2D eigenvalue weighted by Gasteiger charge is 2.44. The predicted octanol–water partition coefficient (Wildman–Crippen LogP) is 8.01. The van der Waals surface area contributed by atoms with Crippen LogP contribution >= 0.6 is 23.2 Å². The molecule has 216 valence electrons. The molecule has 1 N–H and O–H groups in total. The van der Waals surface area contributed by atoms with Gasteiger partial charge < -0.3 is 19.5 Å². The second-order valence-corrected chi connectivity index (χ2v) is 12.4. The fourth-order valence-electron chi connectivity index (χ4n) is 6.49. The minimum absolute atomic E-state index is 0.0169. The van der Waals surface area contributed by atoms with Gasteiger partial charge in [-0.25, -0.2) is 4.79 Å². The molecule has 0 radical (unpaired) electrons. The first-order valence-corrected chi connectivity index (χ1v) is 15.4. The van der Waals surface area contributed by atoms with Crippen molar-refractivity contribution in [1.82, 2.24) is 20.4 Å². The Hall–Kier alpha value is -3.39. The fourth-order valence-corrected chi connectivity index (χ4v) is 7.06. The van der Waals surface area contributed by atoms with Gasteiger partial charge in [-0.2, -0.15) is 0 Å². The molecule has 2 saturated heterocycles. The van der Waals surface area contributed by atoms with E-state index in [4.69, 9.17) is 32.5 Å². The van der Waals surface area contributed by atoms with Crippen LogP contribution in [0.5, 0.6) is 0 Å². The normalized spacial score (nSPS) is 21.5. The van der Waals surface area contributed by atoms with Gasteiger partial charge in [-0.1, -0.05) is 64.8 Å². The lowest BCUT2D eigenvalue weighted by molar-refractivity contribution is -0.0172. The summed E-state index contributed by atoms with van der Waals surface area (Å²) in [5, 5.41) is 8.61. The number of nitrogens with one attached hydrogen (secondary N) is 1. The van der Waals surface area contributed by atoms with Gasteiger partial charge in [-0.05, 0) is 67.9 Å². The van der Waals surface area contributed by atoms with Gasteiger partial charge in [0.1, 0.15) is 11.5 Å². The number of halogens is 2. The molecule has 3 aliphatic rings. The second-order valence-electron chi connectivity index (χ2n) is 11.5. The summed E-state index contributed by atoms with van der Waals surface area (Å²) >= 11 is 13.1. The summed E-state index contributed by atoms with van der Waals surface area (Å²) in [4.78, 5) is 19.8. The lowest BCUT2D eigenvalue weighted by Crippen LogP contribution is -2.52. The predicted molar refractivity (Wildman–Crippen MR) is 162 cm³/mol. The number of hydrogen-bond donors (Lipinski definition) is 1. The van der Waals surface area contributed by atoms with Crippen molar-refractivity contribution in [2.24, 2.45) is 0 Å². The van der Waals surface area contributed by atoms with Gasteiger partial charge >= 0.3 is 6.03 Å². The van der Waals surface area contributed by atoms with E-state index in [0.29, 0.717) is 40.4 Å². The summed E-state index contributed by atoms with van der Waals surface area (Å²) in [6, 6.07) is 18.0. The first kappa shape index (κ1) is 27.4. The van der Waals surface area contributed by atoms with E-state index < -0.39 is 0 Å². The van der Waals surface area contributed by atoms with Crippen LogP contribution in [0.2, 0.25) is 10.0 Å².